The number of rotatable bonds is 8. The van der Waals surface area contributed by atoms with Crippen molar-refractivity contribution in [3.05, 3.63) is 69.7 Å². The lowest BCUT2D eigenvalue weighted by molar-refractivity contribution is -0.136. The first-order valence-electron chi connectivity index (χ1n) is 13.6. The van der Waals surface area contributed by atoms with Crippen molar-refractivity contribution in [1.82, 2.24) is 15.1 Å². The van der Waals surface area contributed by atoms with E-state index in [0.29, 0.717) is 23.6 Å². The van der Waals surface area contributed by atoms with Crippen LogP contribution >= 0.6 is 11.6 Å². The van der Waals surface area contributed by atoms with Gasteiger partial charge in [-0.15, -0.1) is 0 Å². The predicted molar refractivity (Wildman–Crippen MR) is 144 cm³/mol. The average Bonchev–Trinajstić information content (AvgIpc) is 3.25. The normalized spacial score (nSPS) is 21.2. The van der Waals surface area contributed by atoms with Crippen LogP contribution in [-0.2, 0) is 28.0 Å². The second-order valence-electron chi connectivity index (χ2n) is 10.7. The highest BCUT2D eigenvalue weighted by molar-refractivity contribution is 6.30. The number of benzene rings is 2. The van der Waals surface area contributed by atoms with E-state index in [1.165, 1.54) is 5.56 Å². The van der Waals surface area contributed by atoms with Crippen molar-refractivity contribution in [2.24, 2.45) is 0 Å². The summed E-state index contributed by atoms with van der Waals surface area (Å²) in [6, 6.07) is 15.6. The minimum Gasteiger partial charge on any atom is -0.322 e. The van der Waals surface area contributed by atoms with Crippen LogP contribution in [0.5, 0.6) is 0 Å². The molecular formula is C30H33ClN4O3. The van der Waals surface area contributed by atoms with E-state index in [1.807, 2.05) is 36.4 Å². The molecule has 8 heteroatoms. The van der Waals surface area contributed by atoms with E-state index in [-0.39, 0.29) is 24.1 Å². The van der Waals surface area contributed by atoms with E-state index < -0.39 is 11.5 Å². The van der Waals surface area contributed by atoms with Gasteiger partial charge in [0.05, 0.1) is 11.5 Å². The van der Waals surface area contributed by atoms with E-state index in [4.69, 9.17) is 11.6 Å². The van der Waals surface area contributed by atoms with Crippen LogP contribution in [-0.4, -0.2) is 53.2 Å². The summed E-state index contributed by atoms with van der Waals surface area (Å²) in [5, 5.41) is 13.0. The number of imide groups is 1. The van der Waals surface area contributed by atoms with Crippen LogP contribution in [0, 0.1) is 11.3 Å². The molecule has 0 aliphatic carbocycles. The number of halogens is 1. The first-order chi connectivity index (χ1) is 18.4. The highest BCUT2D eigenvalue weighted by Crippen LogP contribution is 2.36. The monoisotopic (exact) mass is 532 g/mol. The molecule has 0 bridgehead atoms. The summed E-state index contributed by atoms with van der Waals surface area (Å²) in [7, 11) is 0. The molecule has 198 valence electrons. The minimum absolute atomic E-state index is 0.118. The number of likely N-dealkylation sites (tertiary alicyclic amines) is 1. The van der Waals surface area contributed by atoms with Gasteiger partial charge in [0.1, 0.15) is 6.04 Å². The number of amides is 3. The van der Waals surface area contributed by atoms with Gasteiger partial charge in [-0.25, -0.2) is 0 Å². The average molecular weight is 533 g/mol. The molecule has 2 fully saturated rings. The Morgan fingerprint density at radius 1 is 1.05 bits per heavy atom. The van der Waals surface area contributed by atoms with Gasteiger partial charge in [0, 0.05) is 23.6 Å². The van der Waals surface area contributed by atoms with Gasteiger partial charge >= 0.3 is 0 Å². The van der Waals surface area contributed by atoms with Gasteiger partial charge < -0.3 is 9.80 Å². The van der Waals surface area contributed by atoms with E-state index in [0.717, 1.165) is 69.3 Å². The fourth-order valence-corrected chi connectivity index (χ4v) is 6.31. The van der Waals surface area contributed by atoms with Crippen LogP contribution in [0.3, 0.4) is 0 Å². The lowest BCUT2D eigenvalue weighted by atomic mass is 9.74. The number of unbranched alkanes of at least 4 members (excludes halogenated alkanes) is 2. The summed E-state index contributed by atoms with van der Waals surface area (Å²) in [5.74, 6) is -0.764. The van der Waals surface area contributed by atoms with Gasteiger partial charge in [-0.3, -0.25) is 19.7 Å². The van der Waals surface area contributed by atoms with Crippen LogP contribution in [0.25, 0.3) is 0 Å². The van der Waals surface area contributed by atoms with Crippen LogP contribution < -0.4 is 5.32 Å². The van der Waals surface area contributed by atoms with Crippen LogP contribution in [0.4, 0.5) is 0 Å². The minimum atomic E-state index is -0.580. The van der Waals surface area contributed by atoms with E-state index in [2.05, 4.69) is 22.4 Å². The topological polar surface area (TPSA) is 93.5 Å². The molecule has 1 unspecified atom stereocenters. The molecule has 2 aromatic carbocycles. The van der Waals surface area contributed by atoms with E-state index >= 15 is 0 Å². The standard InChI is InChI=1S/C30H33ClN4O3/c31-23-9-5-8-22(18-23)30(20-32)13-16-34(17-14-30)15-3-1-2-6-21-7-4-10-24-25(21)19-35(29(24)38)26-11-12-27(36)33-28(26)37/h4-5,7-10,18,26H,1-3,6,11-17,19H2,(H,33,36,37). The van der Waals surface area contributed by atoms with Gasteiger partial charge in [-0.2, -0.15) is 5.26 Å². The zero-order chi connectivity index (χ0) is 26.7. The van der Waals surface area contributed by atoms with Gasteiger partial charge in [0.25, 0.3) is 5.91 Å². The van der Waals surface area contributed by atoms with Crippen molar-refractivity contribution in [3.8, 4) is 6.07 Å². The molecule has 7 nitrogen and oxygen atoms in total. The van der Waals surface area contributed by atoms with Crippen molar-refractivity contribution in [2.45, 2.75) is 69.4 Å². The number of hydrogen-bond acceptors (Lipinski definition) is 5. The highest BCUT2D eigenvalue weighted by Gasteiger charge is 2.40. The first kappa shape index (κ1) is 26.4. The molecule has 3 heterocycles. The maximum absolute atomic E-state index is 13.0. The molecule has 5 rings (SSSR count). The lowest BCUT2D eigenvalue weighted by Crippen LogP contribution is -2.52. The molecule has 1 N–H and O–H groups in total. The summed E-state index contributed by atoms with van der Waals surface area (Å²) in [4.78, 5) is 41.0. The molecule has 0 saturated carbocycles. The summed E-state index contributed by atoms with van der Waals surface area (Å²) < 4.78 is 0. The Morgan fingerprint density at radius 3 is 2.58 bits per heavy atom. The zero-order valence-corrected chi connectivity index (χ0v) is 22.3. The number of hydrogen-bond donors (Lipinski definition) is 1. The maximum atomic E-state index is 13.0. The fraction of sp³-hybridized carbons (Fsp3) is 0.467. The quantitative estimate of drug-likeness (QED) is 0.402. The summed E-state index contributed by atoms with van der Waals surface area (Å²) >= 11 is 6.18. The third-order valence-corrected chi connectivity index (χ3v) is 8.64. The Morgan fingerprint density at radius 2 is 1.84 bits per heavy atom. The van der Waals surface area contributed by atoms with Crippen molar-refractivity contribution in [2.75, 3.05) is 19.6 Å². The number of carbonyl (C=O) groups is 3. The summed E-state index contributed by atoms with van der Waals surface area (Å²) in [6.45, 7) is 3.26. The van der Waals surface area contributed by atoms with Gasteiger partial charge in [-0.1, -0.05) is 42.3 Å². The molecule has 2 aromatic rings. The molecule has 3 aliphatic heterocycles. The third-order valence-electron chi connectivity index (χ3n) is 8.40. The molecular weight excluding hydrogens is 500 g/mol. The van der Waals surface area contributed by atoms with Crippen molar-refractivity contribution < 1.29 is 14.4 Å². The SMILES string of the molecule is N#CC1(c2cccc(Cl)c2)CCN(CCCCCc2cccc3c2CN(C2CCC(=O)NC2=O)C3=O)CC1. The van der Waals surface area contributed by atoms with Gasteiger partial charge in [0.15, 0.2) is 0 Å². The third kappa shape index (κ3) is 5.34. The first-order valence-corrected chi connectivity index (χ1v) is 13.9. The highest BCUT2D eigenvalue weighted by atomic mass is 35.5. The molecule has 38 heavy (non-hydrogen) atoms. The molecule has 2 saturated heterocycles. The Balaban J connectivity index is 1.09. The molecule has 3 aliphatic rings. The number of nitrogens with zero attached hydrogens (tertiary/aromatic N) is 3. The number of aryl methyl sites for hydroxylation is 1. The Labute approximate surface area is 228 Å². The van der Waals surface area contributed by atoms with Gasteiger partial charge in [-0.05, 0) is 93.0 Å². The molecule has 0 radical (unpaired) electrons. The summed E-state index contributed by atoms with van der Waals surface area (Å²) in [5.41, 5.74) is 3.45. The number of nitriles is 1. The van der Waals surface area contributed by atoms with Crippen LogP contribution in [0.2, 0.25) is 5.02 Å². The molecule has 0 aromatic heterocycles. The smallest absolute Gasteiger partial charge is 0.255 e. The van der Waals surface area contributed by atoms with E-state index in [1.54, 1.807) is 4.90 Å². The molecule has 0 spiro atoms. The van der Waals surface area contributed by atoms with Crippen molar-refractivity contribution in [1.29, 1.82) is 5.26 Å². The van der Waals surface area contributed by atoms with E-state index in [9.17, 15) is 19.6 Å². The van der Waals surface area contributed by atoms with Crippen LogP contribution in [0.15, 0.2) is 42.5 Å². The largest absolute Gasteiger partial charge is 0.322 e. The second kappa shape index (κ2) is 11.3. The maximum Gasteiger partial charge on any atom is 0.255 e. The number of fused-ring (bicyclic) bond motifs is 1. The number of carbonyl (C=O) groups excluding carboxylic acids is 3. The second-order valence-corrected chi connectivity index (χ2v) is 11.1. The fourth-order valence-electron chi connectivity index (χ4n) is 6.12. The van der Waals surface area contributed by atoms with Gasteiger partial charge in [0.2, 0.25) is 11.8 Å². The Hall–Kier alpha value is -3.21. The lowest BCUT2D eigenvalue weighted by Gasteiger charge is -2.37. The molecule has 3 amide bonds. The van der Waals surface area contributed by atoms with Crippen molar-refractivity contribution >= 4 is 29.3 Å². The Bertz CT molecular complexity index is 1280. The van der Waals surface area contributed by atoms with Crippen molar-refractivity contribution in [3.63, 3.8) is 0 Å². The Kier molecular flexibility index (Phi) is 7.83. The predicted octanol–water partition coefficient (Wildman–Crippen LogP) is 4.37. The number of nitrogens with one attached hydrogen (secondary N) is 1. The summed E-state index contributed by atoms with van der Waals surface area (Å²) in [6.07, 6.45) is 6.38. The number of piperidine rings is 2. The zero-order valence-electron chi connectivity index (χ0n) is 21.5. The van der Waals surface area contributed by atoms with Crippen LogP contribution in [0.1, 0.15) is 72.0 Å². The molecule has 1 atom stereocenters.